The van der Waals surface area contributed by atoms with Gasteiger partial charge in [-0.25, -0.2) is 9.97 Å². The Kier molecular flexibility index (Phi) is 3.29. The van der Waals surface area contributed by atoms with Gasteiger partial charge in [0, 0.05) is 43.4 Å². The smallest absolute Gasteiger partial charge is 0.137 e. The van der Waals surface area contributed by atoms with Crippen LogP contribution in [0.4, 0.5) is 5.82 Å². The molecule has 0 amide bonds. The lowest BCUT2D eigenvalue weighted by Gasteiger charge is -2.33. The van der Waals surface area contributed by atoms with Crippen molar-refractivity contribution in [2.75, 3.05) is 24.6 Å². The summed E-state index contributed by atoms with van der Waals surface area (Å²) in [6.45, 7) is 4.16. The summed E-state index contributed by atoms with van der Waals surface area (Å²) >= 11 is 6.01. The fraction of sp³-hybridized carbons (Fsp3) is 0.429. The fourth-order valence-corrected chi connectivity index (χ4v) is 2.55. The minimum Gasteiger partial charge on any atom is -0.396 e. The van der Waals surface area contributed by atoms with E-state index < -0.39 is 0 Å². The lowest BCUT2D eigenvalue weighted by Crippen LogP contribution is -2.37. The molecule has 1 saturated heterocycles. The van der Waals surface area contributed by atoms with Crippen molar-refractivity contribution in [2.24, 2.45) is 0 Å². The van der Waals surface area contributed by atoms with Crippen molar-refractivity contribution in [1.29, 1.82) is 0 Å². The summed E-state index contributed by atoms with van der Waals surface area (Å²) in [6, 6.07) is 1.86. The molecule has 1 atom stereocenters. The Bertz CT molecular complexity index is 613. The summed E-state index contributed by atoms with van der Waals surface area (Å²) in [4.78, 5) is 11.0. The highest BCUT2D eigenvalue weighted by molar-refractivity contribution is 6.30. The monoisotopic (exact) mass is 277 g/mol. The van der Waals surface area contributed by atoms with Gasteiger partial charge in [-0.2, -0.15) is 0 Å². The van der Waals surface area contributed by atoms with Gasteiger partial charge in [0.05, 0.1) is 0 Å². The van der Waals surface area contributed by atoms with Gasteiger partial charge in [-0.3, -0.25) is 0 Å². The molecule has 19 heavy (non-hydrogen) atoms. The molecule has 0 aliphatic carbocycles. The number of anilines is 1. The average molecular weight is 278 g/mol. The fourth-order valence-electron chi connectivity index (χ4n) is 2.39. The second kappa shape index (κ2) is 4.94. The van der Waals surface area contributed by atoms with E-state index in [0.717, 1.165) is 35.2 Å². The van der Waals surface area contributed by atoms with Crippen molar-refractivity contribution in [3.63, 3.8) is 0 Å². The topological polar surface area (TPSA) is 49.3 Å². The number of fused-ring (bicyclic) bond motifs is 1. The zero-order valence-corrected chi connectivity index (χ0v) is 11.6. The highest BCUT2D eigenvalue weighted by Gasteiger charge is 2.20. The van der Waals surface area contributed by atoms with E-state index in [2.05, 4.69) is 14.9 Å². The molecular weight excluding hydrogens is 262 g/mol. The third kappa shape index (κ3) is 2.15. The maximum atomic E-state index is 9.37. The van der Waals surface area contributed by atoms with E-state index in [-0.39, 0.29) is 12.5 Å². The zero-order chi connectivity index (χ0) is 13.4. The molecule has 1 unspecified atom stereocenters. The minimum atomic E-state index is 0.0407. The normalized spacial score (nSPS) is 16.5. The van der Waals surface area contributed by atoms with Crippen LogP contribution in [0.15, 0.2) is 18.5 Å². The molecule has 0 saturated carbocycles. The van der Waals surface area contributed by atoms with Crippen LogP contribution in [0.2, 0.25) is 5.15 Å². The summed E-state index contributed by atoms with van der Waals surface area (Å²) in [5.41, 5.74) is 1.02. The maximum Gasteiger partial charge on any atom is 0.137 e. The molecule has 5 heteroatoms. The second-order valence-corrected chi connectivity index (χ2v) is 5.40. The standard InChI is InChI=1S/C14H16ClN3O/c1-9(8-19)11-6-17-14(18-3-2-4-18)12-7-16-13(15)5-10(11)12/h5-7,9,19H,2-4,8H2,1H3. The van der Waals surface area contributed by atoms with Crippen LogP contribution in [0.1, 0.15) is 24.8 Å². The lowest BCUT2D eigenvalue weighted by molar-refractivity contribution is 0.273. The van der Waals surface area contributed by atoms with Crippen LogP contribution < -0.4 is 4.90 Å². The van der Waals surface area contributed by atoms with E-state index in [1.54, 1.807) is 6.20 Å². The first-order valence-electron chi connectivity index (χ1n) is 6.50. The molecule has 1 aliphatic rings. The third-order valence-corrected chi connectivity index (χ3v) is 3.92. The van der Waals surface area contributed by atoms with E-state index in [4.69, 9.17) is 11.6 Å². The number of hydrogen-bond donors (Lipinski definition) is 1. The van der Waals surface area contributed by atoms with Gasteiger partial charge in [0.2, 0.25) is 0 Å². The van der Waals surface area contributed by atoms with Crippen LogP contribution in [0.3, 0.4) is 0 Å². The lowest BCUT2D eigenvalue weighted by atomic mass is 9.98. The largest absolute Gasteiger partial charge is 0.396 e. The average Bonchev–Trinajstić information content (AvgIpc) is 2.36. The van der Waals surface area contributed by atoms with E-state index in [1.165, 1.54) is 6.42 Å². The first-order chi connectivity index (χ1) is 9.20. The predicted octanol–water partition coefficient (Wildman–Crippen LogP) is 2.59. The van der Waals surface area contributed by atoms with Crippen molar-refractivity contribution >= 4 is 28.2 Å². The van der Waals surface area contributed by atoms with Crippen molar-refractivity contribution < 1.29 is 5.11 Å². The molecule has 0 aromatic carbocycles. The first kappa shape index (κ1) is 12.6. The number of aliphatic hydroxyl groups is 1. The number of pyridine rings is 2. The molecule has 100 valence electrons. The van der Waals surface area contributed by atoms with Gasteiger partial charge < -0.3 is 10.0 Å². The number of halogens is 1. The molecule has 1 aliphatic heterocycles. The summed E-state index contributed by atoms with van der Waals surface area (Å²) in [6.07, 6.45) is 4.85. The van der Waals surface area contributed by atoms with E-state index in [0.29, 0.717) is 5.15 Å². The Morgan fingerprint density at radius 2 is 2.11 bits per heavy atom. The molecule has 2 aromatic rings. The van der Waals surface area contributed by atoms with E-state index in [1.807, 2.05) is 19.2 Å². The number of aliphatic hydroxyl groups excluding tert-OH is 1. The molecule has 3 heterocycles. The molecule has 0 radical (unpaired) electrons. The van der Waals surface area contributed by atoms with Gasteiger partial charge in [0.1, 0.15) is 11.0 Å². The van der Waals surface area contributed by atoms with Crippen LogP contribution in [0, 0.1) is 0 Å². The quantitative estimate of drug-likeness (QED) is 0.876. The van der Waals surface area contributed by atoms with Crippen molar-refractivity contribution in [3.8, 4) is 0 Å². The Hall–Kier alpha value is -1.39. The van der Waals surface area contributed by atoms with Gasteiger partial charge in [0.25, 0.3) is 0 Å². The number of aromatic nitrogens is 2. The van der Waals surface area contributed by atoms with Crippen LogP contribution in [0.5, 0.6) is 0 Å². The van der Waals surface area contributed by atoms with Gasteiger partial charge in [-0.1, -0.05) is 18.5 Å². The van der Waals surface area contributed by atoms with Gasteiger partial charge in [0.15, 0.2) is 0 Å². The summed E-state index contributed by atoms with van der Waals surface area (Å²) in [7, 11) is 0. The Morgan fingerprint density at radius 3 is 2.74 bits per heavy atom. The SMILES string of the molecule is CC(CO)c1cnc(N2CCC2)c2cnc(Cl)cc12. The first-order valence-corrected chi connectivity index (χ1v) is 6.88. The Balaban J connectivity index is 2.21. The van der Waals surface area contributed by atoms with Crippen LogP contribution in [-0.2, 0) is 0 Å². The molecular formula is C14H16ClN3O. The van der Waals surface area contributed by atoms with Crippen molar-refractivity contribution in [3.05, 3.63) is 29.2 Å². The number of nitrogens with zero attached hydrogens (tertiary/aromatic N) is 3. The summed E-state index contributed by atoms with van der Waals surface area (Å²) in [5, 5.41) is 11.9. The summed E-state index contributed by atoms with van der Waals surface area (Å²) in [5.74, 6) is 1.01. The Morgan fingerprint density at radius 1 is 1.32 bits per heavy atom. The molecule has 3 rings (SSSR count). The Labute approximate surface area is 117 Å². The molecule has 0 bridgehead atoms. The third-order valence-electron chi connectivity index (χ3n) is 3.71. The van der Waals surface area contributed by atoms with Gasteiger partial charge in [-0.15, -0.1) is 0 Å². The highest BCUT2D eigenvalue weighted by Crippen LogP contribution is 2.33. The maximum absolute atomic E-state index is 9.37. The molecule has 1 fully saturated rings. The number of rotatable bonds is 3. The van der Waals surface area contributed by atoms with Crippen LogP contribution >= 0.6 is 11.6 Å². The van der Waals surface area contributed by atoms with Crippen LogP contribution in [0.25, 0.3) is 10.8 Å². The highest BCUT2D eigenvalue weighted by atomic mass is 35.5. The van der Waals surface area contributed by atoms with Gasteiger partial charge in [-0.05, 0) is 23.4 Å². The predicted molar refractivity (Wildman–Crippen MR) is 76.9 cm³/mol. The van der Waals surface area contributed by atoms with E-state index in [9.17, 15) is 5.11 Å². The number of hydrogen-bond acceptors (Lipinski definition) is 4. The van der Waals surface area contributed by atoms with Crippen molar-refractivity contribution in [2.45, 2.75) is 19.3 Å². The molecule has 2 aromatic heterocycles. The van der Waals surface area contributed by atoms with Crippen LogP contribution in [-0.4, -0.2) is 34.8 Å². The van der Waals surface area contributed by atoms with Gasteiger partial charge >= 0.3 is 0 Å². The summed E-state index contributed by atoms with van der Waals surface area (Å²) < 4.78 is 0. The molecule has 0 spiro atoms. The second-order valence-electron chi connectivity index (χ2n) is 5.01. The molecule has 1 N–H and O–H groups in total. The molecule has 4 nitrogen and oxygen atoms in total. The van der Waals surface area contributed by atoms with E-state index >= 15 is 0 Å². The minimum absolute atomic E-state index is 0.0407. The van der Waals surface area contributed by atoms with Crippen molar-refractivity contribution in [1.82, 2.24) is 9.97 Å². The zero-order valence-electron chi connectivity index (χ0n) is 10.8.